The van der Waals surface area contributed by atoms with E-state index in [0.717, 1.165) is 22.7 Å². The molecule has 1 aromatic heterocycles. The van der Waals surface area contributed by atoms with Gasteiger partial charge in [-0.25, -0.2) is 0 Å². The fourth-order valence-corrected chi connectivity index (χ4v) is 3.01. The first kappa shape index (κ1) is 15.3. The van der Waals surface area contributed by atoms with Crippen molar-refractivity contribution in [2.24, 2.45) is 0 Å². The highest BCUT2D eigenvalue weighted by atomic mass is 32.2. The molecule has 3 rings (SSSR count). The lowest BCUT2D eigenvalue weighted by atomic mass is 10.1. The molecule has 0 radical (unpaired) electrons. The molecule has 23 heavy (non-hydrogen) atoms. The molecule has 0 fully saturated rings. The summed E-state index contributed by atoms with van der Waals surface area (Å²) >= 11 is 0. The van der Waals surface area contributed by atoms with Crippen LogP contribution in [0.15, 0.2) is 47.4 Å². The predicted octanol–water partition coefficient (Wildman–Crippen LogP) is 1.93. The number of hydrogen-bond donors (Lipinski definition) is 1. The lowest BCUT2D eigenvalue weighted by Gasteiger charge is -2.06. The Morgan fingerprint density at radius 1 is 1.22 bits per heavy atom. The standard InChI is InChI=1S/C15H13N3O4S/c1-2-10-7-8-13-12(9-10)16-17-18(13)15(19)11-5-3-4-6-14(11)23(20,21)22/h3-9H,2H2,1H3,(H,20,21,22). The molecule has 0 aliphatic carbocycles. The van der Waals surface area contributed by atoms with Crippen LogP contribution in [0.4, 0.5) is 0 Å². The quantitative estimate of drug-likeness (QED) is 0.736. The van der Waals surface area contributed by atoms with E-state index in [2.05, 4.69) is 10.3 Å². The van der Waals surface area contributed by atoms with E-state index in [1.54, 1.807) is 6.07 Å². The summed E-state index contributed by atoms with van der Waals surface area (Å²) in [6.07, 6.45) is 0.822. The van der Waals surface area contributed by atoms with Crippen LogP contribution in [0.2, 0.25) is 0 Å². The lowest BCUT2D eigenvalue weighted by Crippen LogP contribution is -2.17. The molecule has 1 N–H and O–H groups in total. The van der Waals surface area contributed by atoms with Gasteiger partial charge in [0.25, 0.3) is 16.0 Å². The van der Waals surface area contributed by atoms with Crippen LogP contribution in [0.25, 0.3) is 11.0 Å². The number of carbonyl (C=O) groups is 1. The third-order valence-corrected chi connectivity index (χ3v) is 4.42. The Labute approximate surface area is 132 Å². The maximum atomic E-state index is 12.6. The van der Waals surface area contributed by atoms with E-state index in [1.165, 1.54) is 18.2 Å². The Morgan fingerprint density at radius 2 is 1.96 bits per heavy atom. The minimum atomic E-state index is -4.52. The summed E-state index contributed by atoms with van der Waals surface area (Å²) in [5, 5.41) is 7.76. The number of nitrogens with zero attached hydrogens (tertiary/aromatic N) is 3. The molecule has 0 saturated heterocycles. The smallest absolute Gasteiger partial charge is 0.282 e. The van der Waals surface area contributed by atoms with Crippen LogP contribution in [0, 0.1) is 0 Å². The highest BCUT2D eigenvalue weighted by molar-refractivity contribution is 7.86. The monoisotopic (exact) mass is 331 g/mol. The third kappa shape index (κ3) is 2.73. The summed E-state index contributed by atoms with van der Waals surface area (Å²) in [7, 11) is -4.52. The van der Waals surface area contributed by atoms with Gasteiger partial charge in [0.15, 0.2) is 0 Å². The SMILES string of the molecule is CCc1ccc2c(c1)nnn2C(=O)c1ccccc1S(=O)(=O)O. The lowest BCUT2D eigenvalue weighted by molar-refractivity contribution is 0.0944. The fourth-order valence-electron chi connectivity index (χ4n) is 2.32. The number of hydrogen-bond acceptors (Lipinski definition) is 5. The van der Waals surface area contributed by atoms with Gasteiger partial charge in [0.05, 0.1) is 11.1 Å². The molecule has 0 unspecified atom stereocenters. The van der Waals surface area contributed by atoms with E-state index in [9.17, 15) is 17.8 Å². The highest BCUT2D eigenvalue weighted by Crippen LogP contribution is 2.19. The average Bonchev–Trinajstić information content (AvgIpc) is 2.96. The van der Waals surface area contributed by atoms with E-state index in [4.69, 9.17) is 0 Å². The molecule has 8 heteroatoms. The zero-order valence-electron chi connectivity index (χ0n) is 12.2. The van der Waals surface area contributed by atoms with Gasteiger partial charge in [0.1, 0.15) is 10.4 Å². The highest BCUT2D eigenvalue weighted by Gasteiger charge is 2.23. The van der Waals surface area contributed by atoms with Gasteiger partial charge in [-0.3, -0.25) is 9.35 Å². The topological polar surface area (TPSA) is 102 Å². The van der Waals surface area contributed by atoms with E-state index < -0.39 is 20.9 Å². The minimum absolute atomic E-state index is 0.165. The molecule has 0 saturated carbocycles. The normalized spacial score (nSPS) is 11.7. The van der Waals surface area contributed by atoms with Crippen LogP contribution in [0.5, 0.6) is 0 Å². The summed E-state index contributed by atoms with van der Waals surface area (Å²) in [4.78, 5) is 12.2. The first-order valence-electron chi connectivity index (χ1n) is 6.87. The molecule has 0 aliphatic heterocycles. The molecule has 7 nitrogen and oxygen atoms in total. The molecule has 0 aliphatic rings. The van der Waals surface area contributed by atoms with E-state index >= 15 is 0 Å². The number of aryl methyl sites for hydroxylation is 1. The number of aromatic nitrogens is 3. The number of benzene rings is 2. The molecule has 1 heterocycles. The molecule has 0 bridgehead atoms. The first-order valence-corrected chi connectivity index (χ1v) is 8.31. The summed E-state index contributed by atoms with van der Waals surface area (Å²) < 4.78 is 33.2. The summed E-state index contributed by atoms with van der Waals surface area (Å²) in [6.45, 7) is 2.00. The third-order valence-electron chi connectivity index (χ3n) is 3.51. The maximum absolute atomic E-state index is 12.6. The maximum Gasteiger partial charge on any atom is 0.295 e. The van der Waals surface area contributed by atoms with Gasteiger partial charge in [-0.2, -0.15) is 13.1 Å². The molecule has 0 amide bonds. The van der Waals surface area contributed by atoms with Gasteiger partial charge in [0, 0.05) is 0 Å². The Balaban J connectivity index is 2.16. The van der Waals surface area contributed by atoms with Gasteiger partial charge in [-0.1, -0.05) is 30.3 Å². The van der Waals surface area contributed by atoms with Crippen molar-refractivity contribution >= 4 is 27.1 Å². The number of fused-ring (bicyclic) bond motifs is 1. The van der Waals surface area contributed by atoms with Crippen molar-refractivity contribution in [1.82, 2.24) is 15.0 Å². The summed E-state index contributed by atoms with van der Waals surface area (Å²) in [5.74, 6) is -0.676. The van der Waals surface area contributed by atoms with Gasteiger partial charge in [-0.15, -0.1) is 5.10 Å². The second-order valence-corrected chi connectivity index (χ2v) is 6.34. The van der Waals surface area contributed by atoms with Crippen molar-refractivity contribution in [3.63, 3.8) is 0 Å². The van der Waals surface area contributed by atoms with Crippen molar-refractivity contribution < 1.29 is 17.8 Å². The van der Waals surface area contributed by atoms with Crippen LogP contribution in [0.3, 0.4) is 0 Å². The molecule has 118 valence electrons. The molecule has 2 aromatic carbocycles. The van der Waals surface area contributed by atoms with Crippen molar-refractivity contribution in [3.8, 4) is 0 Å². The molecular weight excluding hydrogens is 318 g/mol. The van der Waals surface area contributed by atoms with Crippen molar-refractivity contribution in [2.75, 3.05) is 0 Å². The Bertz CT molecular complexity index is 1010. The van der Waals surface area contributed by atoms with Gasteiger partial charge in [0.2, 0.25) is 0 Å². The second kappa shape index (κ2) is 5.56. The van der Waals surface area contributed by atoms with Crippen LogP contribution in [-0.4, -0.2) is 33.9 Å². The van der Waals surface area contributed by atoms with Gasteiger partial charge < -0.3 is 0 Å². The first-order chi connectivity index (χ1) is 10.9. The summed E-state index contributed by atoms with van der Waals surface area (Å²) in [6, 6.07) is 10.8. The largest absolute Gasteiger partial charge is 0.295 e. The van der Waals surface area contributed by atoms with E-state index in [-0.39, 0.29) is 5.56 Å². The van der Waals surface area contributed by atoms with Crippen LogP contribution in [-0.2, 0) is 16.5 Å². The zero-order valence-corrected chi connectivity index (χ0v) is 13.0. The second-order valence-electron chi connectivity index (χ2n) is 4.95. The van der Waals surface area contributed by atoms with Crippen molar-refractivity contribution in [3.05, 3.63) is 53.6 Å². The molecular formula is C15H13N3O4S. The fraction of sp³-hybridized carbons (Fsp3) is 0.133. The molecule has 0 atom stereocenters. The average molecular weight is 331 g/mol. The Kier molecular flexibility index (Phi) is 3.70. The Morgan fingerprint density at radius 3 is 2.65 bits per heavy atom. The zero-order chi connectivity index (χ0) is 16.6. The molecule has 0 spiro atoms. The number of rotatable bonds is 3. The summed E-state index contributed by atoms with van der Waals surface area (Å²) in [5.41, 5.74) is 1.90. The van der Waals surface area contributed by atoms with Gasteiger partial charge >= 0.3 is 0 Å². The van der Waals surface area contributed by atoms with Crippen LogP contribution >= 0.6 is 0 Å². The molecule has 3 aromatic rings. The predicted molar refractivity (Wildman–Crippen MR) is 82.9 cm³/mol. The van der Waals surface area contributed by atoms with E-state index in [0.29, 0.717) is 11.0 Å². The van der Waals surface area contributed by atoms with Crippen molar-refractivity contribution in [1.29, 1.82) is 0 Å². The van der Waals surface area contributed by atoms with Crippen molar-refractivity contribution in [2.45, 2.75) is 18.2 Å². The Hall–Kier alpha value is -2.58. The van der Waals surface area contributed by atoms with Crippen LogP contribution < -0.4 is 0 Å². The van der Waals surface area contributed by atoms with Crippen LogP contribution in [0.1, 0.15) is 22.8 Å². The minimum Gasteiger partial charge on any atom is -0.282 e. The van der Waals surface area contributed by atoms with E-state index in [1.807, 2.05) is 19.1 Å². The van der Waals surface area contributed by atoms with Gasteiger partial charge in [-0.05, 0) is 36.2 Å². The number of carbonyl (C=O) groups excluding carboxylic acids is 1.